The third-order valence-corrected chi connectivity index (χ3v) is 3.67. The van der Waals surface area contributed by atoms with Crippen LogP contribution in [0.25, 0.3) is 0 Å². The lowest BCUT2D eigenvalue weighted by Crippen LogP contribution is -2.37. The molecule has 0 amide bonds. The lowest BCUT2D eigenvalue weighted by atomic mass is 10.1. The van der Waals surface area contributed by atoms with Gasteiger partial charge >= 0.3 is 0 Å². The van der Waals surface area contributed by atoms with Gasteiger partial charge in [0.1, 0.15) is 11.9 Å². The number of halogens is 2. The molecule has 0 aliphatic rings. The van der Waals surface area contributed by atoms with Crippen molar-refractivity contribution in [3.63, 3.8) is 0 Å². The van der Waals surface area contributed by atoms with E-state index in [4.69, 9.17) is 16.3 Å². The Morgan fingerprint density at radius 2 is 1.89 bits per heavy atom. The highest BCUT2D eigenvalue weighted by Gasteiger charge is 2.16. The van der Waals surface area contributed by atoms with E-state index in [-0.39, 0.29) is 6.10 Å². The maximum atomic E-state index is 6.08. The van der Waals surface area contributed by atoms with E-state index in [9.17, 15) is 0 Å². The molecule has 108 valence electrons. The summed E-state index contributed by atoms with van der Waals surface area (Å²) in [6.45, 7) is 10.6. The van der Waals surface area contributed by atoms with Crippen LogP contribution in [0.3, 0.4) is 0 Å². The van der Waals surface area contributed by atoms with E-state index < -0.39 is 0 Å². The lowest BCUT2D eigenvalue weighted by molar-refractivity contribution is 0.147. The average molecular weight is 349 g/mol. The van der Waals surface area contributed by atoms with Crippen LogP contribution in [0.15, 0.2) is 22.7 Å². The summed E-state index contributed by atoms with van der Waals surface area (Å²) in [6.07, 6.45) is 0.149. The van der Waals surface area contributed by atoms with Gasteiger partial charge in [-0.25, -0.2) is 0 Å². The maximum absolute atomic E-state index is 6.08. The molecule has 0 heterocycles. The Morgan fingerprint density at radius 3 is 2.42 bits per heavy atom. The molecule has 0 saturated heterocycles. The Labute approximate surface area is 130 Å². The largest absolute Gasteiger partial charge is 0.488 e. The molecule has 0 spiro atoms. The van der Waals surface area contributed by atoms with Gasteiger partial charge in [-0.05, 0) is 52.5 Å². The fourth-order valence-electron chi connectivity index (χ4n) is 1.66. The lowest BCUT2D eigenvalue weighted by Gasteiger charge is -2.24. The minimum Gasteiger partial charge on any atom is -0.488 e. The topological polar surface area (TPSA) is 21.3 Å². The number of rotatable bonds is 7. The highest BCUT2D eigenvalue weighted by atomic mass is 79.9. The molecule has 1 unspecified atom stereocenters. The Bertz CT molecular complexity index is 396. The predicted octanol–water partition coefficient (Wildman–Crippen LogP) is 4.75. The molecule has 1 atom stereocenters. The van der Waals surface area contributed by atoms with E-state index in [1.807, 2.05) is 18.2 Å². The highest BCUT2D eigenvalue weighted by molar-refractivity contribution is 9.10. The van der Waals surface area contributed by atoms with Gasteiger partial charge < -0.3 is 10.1 Å². The molecule has 19 heavy (non-hydrogen) atoms. The Balaban J connectivity index is 2.62. The van der Waals surface area contributed by atoms with E-state index in [0.717, 1.165) is 23.3 Å². The van der Waals surface area contributed by atoms with Crippen molar-refractivity contribution in [3.05, 3.63) is 27.7 Å². The Morgan fingerprint density at radius 1 is 1.21 bits per heavy atom. The second-order valence-electron chi connectivity index (χ2n) is 5.53. The third kappa shape index (κ3) is 6.15. The summed E-state index contributed by atoms with van der Waals surface area (Å²) >= 11 is 9.42. The number of ether oxygens (including phenoxy) is 1. The van der Waals surface area contributed by atoms with Gasteiger partial charge in [-0.15, -0.1) is 0 Å². The maximum Gasteiger partial charge on any atom is 0.134 e. The number of nitrogens with one attached hydrogen (secondary N) is 1. The van der Waals surface area contributed by atoms with Gasteiger partial charge in [0.05, 0.1) is 4.47 Å². The summed E-state index contributed by atoms with van der Waals surface area (Å²) in [6, 6.07) is 5.61. The predicted molar refractivity (Wildman–Crippen MR) is 86.1 cm³/mol. The molecule has 2 nitrogen and oxygen atoms in total. The summed E-state index contributed by atoms with van der Waals surface area (Å²) < 4.78 is 6.97. The third-order valence-electron chi connectivity index (χ3n) is 2.81. The zero-order valence-electron chi connectivity index (χ0n) is 12.0. The first-order valence-corrected chi connectivity index (χ1v) is 7.89. The number of benzene rings is 1. The SMILES string of the molecule is CC(C)CNCC(Oc1ccc(Cl)cc1Br)C(C)C. The van der Waals surface area contributed by atoms with Gasteiger partial charge in [-0.2, -0.15) is 0 Å². The minimum atomic E-state index is 0.149. The van der Waals surface area contributed by atoms with E-state index in [0.29, 0.717) is 16.9 Å². The summed E-state index contributed by atoms with van der Waals surface area (Å²) in [5.74, 6) is 1.94. The van der Waals surface area contributed by atoms with E-state index in [1.54, 1.807) is 0 Å². The summed E-state index contributed by atoms with van der Waals surface area (Å²) in [7, 11) is 0. The molecule has 0 radical (unpaired) electrons. The Hall–Kier alpha value is -0.250. The van der Waals surface area contributed by atoms with Crippen LogP contribution >= 0.6 is 27.5 Å². The molecule has 0 saturated carbocycles. The van der Waals surface area contributed by atoms with Crippen molar-refractivity contribution >= 4 is 27.5 Å². The quantitative estimate of drug-likeness (QED) is 0.767. The molecule has 0 bridgehead atoms. The van der Waals surface area contributed by atoms with Crippen molar-refractivity contribution in [1.82, 2.24) is 5.32 Å². The van der Waals surface area contributed by atoms with Crippen molar-refractivity contribution < 1.29 is 4.74 Å². The monoisotopic (exact) mass is 347 g/mol. The van der Waals surface area contributed by atoms with Crippen LogP contribution < -0.4 is 10.1 Å². The molecular weight excluding hydrogens is 326 g/mol. The first kappa shape index (κ1) is 16.8. The van der Waals surface area contributed by atoms with E-state index in [2.05, 4.69) is 48.9 Å². The normalized spacial score (nSPS) is 13.1. The van der Waals surface area contributed by atoms with Gasteiger partial charge in [0, 0.05) is 11.6 Å². The van der Waals surface area contributed by atoms with Crippen molar-refractivity contribution in [3.8, 4) is 5.75 Å². The molecule has 4 heteroatoms. The molecule has 0 fully saturated rings. The summed E-state index contributed by atoms with van der Waals surface area (Å²) in [5.41, 5.74) is 0. The molecule has 1 rings (SSSR count). The Kier molecular flexibility index (Phi) is 7.19. The summed E-state index contributed by atoms with van der Waals surface area (Å²) in [4.78, 5) is 0. The zero-order valence-corrected chi connectivity index (χ0v) is 14.4. The first-order valence-electron chi connectivity index (χ1n) is 6.72. The van der Waals surface area contributed by atoms with Gasteiger partial charge in [-0.1, -0.05) is 39.3 Å². The van der Waals surface area contributed by atoms with Gasteiger partial charge in [-0.3, -0.25) is 0 Å². The zero-order chi connectivity index (χ0) is 14.4. The molecule has 1 aromatic rings. The van der Waals surface area contributed by atoms with Crippen LogP contribution in [-0.4, -0.2) is 19.2 Å². The van der Waals surface area contributed by atoms with Crippen LogP contribution in [-0.2, 0) is 0 Å². The van der Waals surface area contributed by atoms with Crippen molar-refractivity contribution in [1.29, 1.82) is 0 Å². The first-order chi connectivity index (χ1) is 8.90. The standard InChI is InChI=1S/C15H23BrClNO/c1-10(2)8-18-9-15(11(3)4)19-14-6-5-12(17)7-13(14)16/h5-7,10-11,15,18H,8-9H2,1-4H3. The molecule has 1 aromatic carbocycles. The second-order valence-corrected chi connectivity index (χ2v) is 6.82. The van der Waals surface area contributed by atoms with Gasteiger partial charge in [0.25, 0.3) is 0 Å². The molecular formula is C15H23BrClNO. The fourth-order valence-corrected chi connectivity index (χ4v) is 2.44. The average Bonchev–Trinajstić information content (AvgIpc) is 2.30. The van der Waals surface area contributed by atoms with Crippen LogP contribution in [0.4, 0.5) is 0 Å². The molecule has 1 N–H and O–H groups in total. The number of hydrogen-bond donors (Lipinski definition) is 1. The highest BCUT2D eigenvalue weighted by Crippen LogP contribution is 2.29. The van der Waals surface area contributed by atoms with Crippen LogP contribution in [0.2, 0.25) is 5.02 Å². The fraction of sp³-hybridized carbons (Fsp3) is 0.600. The van der Waals surface area contributed by atoms with Crippen molar-refractivity contribution in [2.24, 2.45) is 11.8 Å². The van der Waals surface area contributed by atoms with E-state index >= 15 is 0 Å². The number of hydrogen-bond acceptors (Lipinski definition) is 2. The minimum absolute atomic E-state index is 0.149. The molecule has 0 aliphatic heterocycles. The van der Waals surface area contributed by atoms with Crippen LogP contribution in [0.1, 0.15) is 27.7 Å². The van der Waals surface area contributed by atoms with Gasteiger partial charge in [0.15, 0.2) is 0 Å². The molecule has 0 aromatic heterocycles. The van der Waals surface area contributed by atoms with Gasteiger partial charge in [0.2, 0.25) is 0 Å². The second kappa shape index (κ2) is 8.13. The van der Waals surface area contributed by atoms with Crippen LogP contribution in [0.5, 0.6) is 5.75 Å². The summed E-state index contributed by atoms with van der Waals surface area (Å²) in [5, 5.41) is 4.16. The van der Waals surface area contributed by atoms with Crippen molar-refractivity contribution in [2.45, 2.75) is 33.8 Å². The van der Waals surface area contributed by atoms with Crippen molar-refractivity contribution in [2.75, 3.05) is 13.1 Å². The van der Waals surface area contributed by atoms with E-state index in [1.165, 1.54) is 0 Å². The smallest absolute Gasteiger partial charge is 0.134 e. The van der Waals surface area contributed by atoms with Crippen LogP contribution in [0, 0.1) is 11.8 Å². The molecule has 0 aliphatic carbocycles.